The van der Waals surface area contributed by atoms with Gasteiger partial charge >= 0.3 is 0 Å². The molecule has 3 heterocycles. The molecular weight excluding hydrogens is 392 g/mol. The van der Waals surface area contributed by atoms with E-state index >= 15 is 0 Å². The van der Waals surface area contributed by atoms with E-state index in [0.717, 1.165) is 30.0 Å². The van der Waals surface area contributed by atoms with Crippen molar-refractivity contribution in [2.75, 3.05) is 6.54 Å². The van der Waals surface area contributed by atoms with Crippen LogP contribution in [0.2, 0.25) is 5.02 Å². The quantitative estimate of drug-likeness (QED) is 0.536. The SMILES string of the molecule is Cc1nc2sc(C(c3ccccc3Cl)N3CCc4ccccc4C3)c(O)n2n1. The lowest BCUT2D eigenvalue weighted by Gasteiger charge is -2.35. The third-order valence-corrected chi connectivity index (χ3v) is 6.70. The number of hydrogen-bond donors (Lipinski definition) is 1. The van der Waals surface area contributed by atoms with Gasteiger partial charge in [-0.2, -0.15) is 4.52 Å². The van der Waals surface area contributed by atoms with Gasteiger partial charge in [-0.25, -0.2) is 4.98 Å². The van der Waals surface area contributed by atoms with E-state index in [1.54, 1.807) is 0 Å². The van der Waals surface area contributed by atoms with Crippen LogP contribution in [0.5, 0.6) is 5.88 Å². The number of aromatic hydroxyl groups is 1. The first-order valence-corrected chi connectivity index (χ1v) is 10.4. The first kappa shape index (κ1) is 17.7. The second-order valence-electron chi connectivity index (χ2n) is 7.06. The van der Waals surface area contributed by atoms with Crippen molar-refractivity contribution in [3.8, 4) is 5.88 Å². The molecule has 0 radical (unpaired) electrons. The van der Waals surface area contributed by atoms with Crippen molar-refractivity contribution in [2.45, 2.75) is 25.9 Å². The molecule has 5 rings (SSSR count). The summed E-state index contributed by atoms with van der Waals surface area (Å²) in [6.07, 6.45) is 0.970. The maximum absolute atomic E-state index is 11.0. The molecule has 2 aromatic carbocycles. The van der Waals surface area contributed by atoms with Crippen molar-refractivity contribution in [2.24, 2.45) is 0 Å². The van der Waals surface area contributed by atoms with Crippen LogP contribution >= 0.6 is 22.9 Å². The maximum Gasteiger partial charge on any atom is 0.230 e. The molecule has 0 amide bonds. The monoisotopic (exact) mass is 410 g/mol. The Bertz CT molecular complexity index is 1170. The fourth-order valence-corrected chi connectivity index (χ4v) is 5.36. The fraction of sp³-hybridized carbons (Fsp3) is 0.238. The Morgan fingerprint density at radius 3 is 2.64 bits per heavy atom. The van der Waals surface area contributed by atoms with Crippen molar-refractivity contribution >= 4 is 27.9 Å². The summed E-state index contributed by atoms with van der Waals surface area (Å²) in [6, 6.07) is 16.2. The Kier molecular flexibility index (Phi) is 4.34. The minimum atomic E-state index is -0.157. The molecule has 7 heteroatoms. The van der Waals surface area contributed by atoms with Crippen LogP contribution in [-0.4, -0.2) is 31.1 Å². The number of aromatic nitrogens is 3. The third-order valence-electron chi connectivity index (χ3n) is 5.28. The average Bonchev–Trinajstić information content (AvgIpc) is 3.21. The number of halogens is 1. The standard InChI is InChI=1S/C21H19ClN4OS/c1-13-23-21-26(24-13)20(27)19(28-21)18(16-8-4-5-9-17(16)22)25-11-10-14-6-2-3-7-15(14)12-25/h2-9,18,27H,10-12H2,1H3. The number of aryl methyl sites for hydroxylation is 1. The molecule has 142 valence electrons. The summed E-state index contributed by atoms with van der Waals surface area (Å²) in [5.41, 5.74) is 3.69. The molecule has 0 bridgehead atoms. The number of rotatable bonds is 3. The van der Waals surface area contributed by atoms with Crippen molar-refractivity contribution < 1.29 is 5.11 Å². The second kappa shape index (κ2) is 6.88. The van der Waals surface area contributed by atoms with Crippen LogP contribution in [0, 0.1) is 6.92 Å². The summed E-state index contributed by atoms with van der Waals surface area (Å²) in [5, 5.41) is 16.0. The summed E-state index contributed by atoms with van der Waals surface area (Å²) in [7, 11) is 0. The smallest absolute Gasteiger partial charge is 0.230 e. The Morgan fingerprint density at radius 1 is 1.11 bits per heavy atom. The normalized spacial score (nSPS) is 15.6. The summed E-state index contributed by atoms with van der Waals surface area (Å²) in [5.74, 6) is 0.790. The van der Waals surface area contributed by atoms with Gasteiger partial charge in [-0.1, -0.05) is 65.4 Å². The Balaban J connectivity index is 1.64. The molecule has 2 aromatic heterocycles. The molecule has 1 atom stereocenters. The molecule has 1 N–H and O–H groups in total. The largest absolute Gasteiger partial charge is 0.492 e. The number of benzene rings is 2. The topological polar surface area (TPSA) is 53.7 Å². The highest BCUT2D eigenvalue weighted by Crippen LogP contribution is 2.43. The molecule has 0 saturated carbocycles. The van der Waals surface area contributed by atoms with Gasteiger partial charge in [0.25, 0.3) is 0 Å². The molecule has 0 fully saturated rings. The van der Waals surface area contributed by atoms with Crippen molar-refractivity contribution in [1.29, 1.82) is 0 Å². The highest BCUT2D eigenvalue weighted by Gasteiger charge is 2.32. The van der Waals surface area contributed by atoms with E-state index in [0.29, 0.717) is 15.8 Å². The molecule has 5 nitrogen and oxygen atoms in total. The highest BCUT2D eigenvalue weighted by molar-refractivity contribution is 7.17. The number of thiazole rings is 1. The van der Waals surface area contributed by atoms with Crippen LogP contribution in [0.4, 0.5) is 0 Å². The lowest BCUT2D eigenvalue weighted by Crippen LogP contribution is -2.34. The molecule has 0 aliphatic carbocycles. The van der Waals surface area contributed by atoms with Crippen LogP contribution in [-0.2, 0) is 13.0 Å². The van der Waals surface area contributed by atoms with E-state index in [4.69, 9.17) is 11.6 Å². The van der Waals surface area contributed by atoms with Crippen LogP contribution < -0.4 is 0 Å². The van der Waals surface area contributed by atoms with Gasteiger partial charge in [-0.05, 0) is 36.1 Å². The maximum atomic E-state index is 11.0. The van der Waals surface area contributed by atoms with E-state index in [-0.39, 0.29) is 11.9 Å². The second-order valence-corrected chi connectivity index (χ2v) is 8.47. The first-order chi connectivity index (χ1) is 13.6. The van der Waals surface area contributed by atoms with E-state index in [1.165, 1.54) is 27.0 Å². The molecule has 4 aromatic rings. The van der Waals surface area contributed by atoms with Gasteiger partial charge in [-0.15, -0.1) is 5.10 Å². The number of hydrogen-bond acceptors (Lipinski definition) is 5. The predicted molar refractivity (Wildman–Crippen MR) is 111 cm³/mol. The van der Waals surface area contributed by atoms with E-state index in [9.17, 15) is 5.11 Å². The minimum absolute atomic E-state index is 0.143. The van der Waals surface area contributed by atoms with E-state index in [2.05, 4.69) is 39.2 Å². The molecule has 1 unspecified atom stereocenters. The zero-order valence-corrected chi connectivity index (χ0v) is 16.9. The highest BCUT2D eigenvalue weighted by atomic mass is 35.5. The molecule has 0 spiro atoms. The van der Waals surface area contributed by atoms with Gasteiger partial charge < -0.3 is 5.11 Å². The predicted octanol–water partition coefficient (Wildman–Crippen LogP) is 4.61. The van der Waals surface area contributed by atoms with Crippen LogP contribution in [0.1, 0.15) is 33.4 Å². The zero-order valence-electron chi connectivity index (χ0n) is 15.3. The Hall–Kier alpha value is -2.41. The molecule has 28 heavy (non-hydrogen) atoms. The lowest BCUT2D eigenvalue weighted by atomic mass is 9.95. The van der Waals surface area contributed by atoms with E-state index in [1.807, 2.05) is 31.2 Å². The average molecular weight is 411 g/mol. The van der Waals surface area contributed by atoms with Crippen molar-refractivity contribution in [1.82, 2.24) is 19.5 Å². The van der Waals surface area contributed by atoms with Crippen molar-refractivity contribution in [3.63, 3.8) is 0 Å². The molecule has 0 saturated heterocycles. The van der Waals surface area contributed by atoms with Gasteiger partial charge in [0.2, 0.25) is 10.8 Å². The molecule has 1 aliphatic heterocycles. The van der Waals surface area contributed by atoms with Crippen LogP contribution in [0.25, 0.3) is 4.96 Å². The van der Waals surface area contributed by atoms with E-state index < -0.39 is 0 Å². The van der Waals surface area contributed by atoms with Gasteiger partial charge in [-0.3, -0.25) is 4.90 Å². The van der Waals surface area contributed by atoms with Gasteiger partial charge in [0.15, 0.2) is 0 Å². The van der Waals surface area contributed by atoms with Crippen molar-refractivity contribution in [3.05, 3.63) is 80.9 Å². The minimum Gasteiger partial charge on any atom is -0.492 e. The summed E-state index contributed by atoms with van der Waals surface area (Å²) >= 11 is 8.07. The summed E-state index contributed by atoms with van der Waals surface area (Å²) in [4.78, 5) is 8.33. The summed E-state index contributed by atoms with van der Waals surface area (Å²) < 4.78 is 1.52. The van der Waals surface area contributed by atoms with Gasteiger partial charge in [0.05, 0.1) is 10.9 Å². The third kappa shape index (κ3) is 2.89. The molecular formula is C21H19ClN4OS. The lowest BCUT2D eigenvalue weighted by molar-refractivity contribution is 0.205. The number of nitrogens with zero attached hydrogens (tertiary/aromatic N) is 4. The Labute approximate surface area is 171 Å². The van der Waals surface area contributed by atoms with Crippen LogP contribution in [0.15, 0.2) is 48.5 Å². The fourth-order valence-electron chi connectivity index (χ4n) is 3.96. The van der Waals surface area contributed by atoms with Gasteiger partial charge in [0.1, 0.15) is 5.82 Å². The summed E-state index contributed by atoms with van der Waals surface area (Å²) in [6.45, 7) is 3.52. The van der Waals surface area contributed by atoms with Crippen LogP contribution in [0.3, 0.4) is 0 Å². The zero-order chi connectivity index (χ0) is 19.3. The first-order valence-electron chi connectivity index (χ1n) is 9.22. The Morgan fingerprint density at radius 2 is 1.86 bits per heavy atom. The molecule has 1 aliphatic rings. The van der Waals surface area contributed by atoms with Gasteiger partial charge in [0, 0.05) is 18.1 Å². The number of fused-ring (bicyclic) bond motifs is 2.